The molecule has 0 bridgehead atoms. The number of nitrogens with zero attached hydrogens (tertiary/aromatic N) is 3. The van der Waals surface area contributed by atoms with Gasteiger partial charge in [-0.15, -0.1) is 5.10 Å². The number of aromatic nitrogens is 3. The van der Waals surface area contributed by atoms with Gasteiger partial charge in [-0.3, -0.25) is 20.2 Å². The van der Waals surface area contributed by atoms with Crippen LogP contribution < -0.4 is 10.6 Å². The molecule has 1 aliphatic rings. The second kappa shape index (κ2) is 6.81. The van der Waals surface area contributed by atoms with Crippen LogP contribution in [0.5, 0.6) is 0 Å². The number of benzene rings is 2. The molecule has 136 valence electrons. The molecule has 0 saturated heterocycles. The second-order valence-corrected chi connectivity index (χ2v) is 6.42. The molecule has 0 saturated carbocycles. The molecule has 1 aliphatic heterocycles. The Hall–Kier alpha value is -3.26. The average molecular weight is 386 g/mol. The zero-order valence-corrected chi connectivity index (χ0v) is 14.6. The van der Waals surface area contributed by atoms with Crippen LogP contribution in [0.25, 0.3) is 0 Å². The fourth-order valence-corrected chi connectivity index (χ4v) is 2.96. The van der Waals surface area contributed by atoms with Gasteiger partial charge in [-0.2, -0.15) is 4.98 Å². The zero-order chi connectivity index (χ0) is 19.0. The van der Waals surface area contributed by atoms with Gasteiger partial charge in [0.05, 0.1) is 12.5 Å². The van der Waals surface area contributed by atoms with E-state index in [0.717, 1.165) is 5.56 Å². The molecule has 0 aliphatic carbocycles. The molecular formula is C18H13ClFN5O2. The van der Waals surface area contributed by atoms with Gasteiger partial charge in [0.2, 0.25) is 11.9 Å². The van der Waals surface area contributed by atoms with E-state index < -0.39 is 11.7 Å². The third-order valence-electron chi connectivity index (χ3n) is 4.14. The van der Waals surface area contributed by atoms with Gasteiger partial charge in [0.25, 0.3) is 11.9 Å². The van der Waals surface area contributed by atoms with E-state index in [0.29, 0.717) is 5.02 Å². The standard InChI is InChI=1S/C18H13ClFN5O2/c19-12-5-1-10(2-6-12)14-9-15(26)21-18-23-17(24-25(14)18)22-16(27)11-3-7-13(20)8-4-11/h1-8,14H,9H2,(H2,21,22,23,24,26,27)/t14-/m1/s1. The normalized spacial score (nSPS) is 15.8. The van der Waals surface area contributed by atoms with Crippen LogP contribution in [-0.2, 0) is 4.79 Å². The quantitative estimate of drug-likeness (QED) is 0.724. The Bertz CT molecular complexity index is 1020. The summed E-state index contributed by atoms with van der Waals surface area (Å²) in [6.07, 6.45) is 0.184. The minimum atomic E-state index is -0.479. The van der Waals surface area contributed by atoms with Gasteiger partial charge in [0.15, 0.2) is 0 Å². The van der Waals surface area contributed by atoms with Crippen LogP contribution in [0.1, 0.15) is 28.4 Å². The van der Waals surface area contributed by atoms with Crippen LogP contribution in [0.3, 0.4) is 0 Å². The lowest BCUT2D eigenvalue weighted by Gasteiger charge is -2.23. The fourth-order valence-electron chi connectivity index (χ4n) is 2.84. The van der Waals surface area contributed by atoms with Crippen LogP contribution in [0.15, 0.2) is 48.5 Å². The van der Waals surface area contributed by atoms with E-state index in [1.165, 1.54) is 24.3 Å². The van der Waals surface area contributed by atoms with Gasteiger partial charge in [-0.1, -0.05) is 23.7 Å². The molecule has 0 unspecified atom stereocenters. The Morgan fingerprint density at radius 2 is 1.89 bits per heavy atom. The van der Waals surface area contributed by atoms with Crippen LogP contribution in [0.4, 0.5) is 16.3 Å². The second-order valence-electron chi connectivity index (χ2n) is 5.98. The Morgan fingerprint density at radius 1 is 1.19 bits per heavy atom. The third-order valence-corrected chi connectivity index (χ3v) is 4.39. The van der Waals surface area contributed by atoms with Crippen LogP contribution >= 0.6 is 11.6 Å². The highest BCUT2D eigenvalue weighted by Crippen LogP contribution is 2.30. The Labute approximate surface area is 158 Å². The van der Waals surface area contributed by atoms with Gasteiger partial charge in [-0.05, 0) is 42.0 Å². The molecule has 27 heavy (non-hydrogen) atoms. The summed E-state index contributed by atoms with van der Waals surface area (Å²) in [6.45, 7) is 0. The largest absolute Gasteiger partial charge is 0.295 e. The molecular weight excluding hydrogens is 373 g/mol. The highest BCUT2D eigenvalue weighted by Gasteiger charge is 2.29. The molecule has 2 aromatic carbocycles. The van der Waals surface area contributed by atoms with Crippen LogP contribution in [0.2, 0.25) is 5.02 Å². The summed E-state index contributed by atoms with van der Waals surface area (Å²) in [5.74, 6) is -0.838. The molecule has 1 aromatic heterocycles. The summed E-state index contributed by atoms with van der Waals surface area (Å²) in [5.41, 5.74) is 1.11. The van der Waals surface area contributed by atoms with Crippen molar-refractivity contribution >= 4 is 35.3 Å². The minimum absolute atomic E-state index is 0.0421. The Balaban J connectivity index is 1.61. The molecule has 7 nitrogen and oxygen atoms in total. The third kappa shape index (κ3) is 3.52. The molecule has 2 N–H and O–H groups in total. The first-order valence-corrected chi connectivity index (χ1v) is 8.46. The van der Waals surface area contributed by atoms with E-state index in [1.54, 1.807) is 16.8 Å². The van der Waals surface area contributed by atoms with Gasteiger partial charge in [0, 0.05) is 10.6 Å². The van der Waals surface area contributed by atoms with Crippen molar-refractivity contribution in [3.63, 3.8) is 0 Å². The maximum Gasteiger partial charge on any atom is 0.258 e. The number of carbonyl (C=O) groups is 2. The first-order chi connectivity index (χ1) is 13.0. The van der Waals surface area contributed by atoms with Gasteiger partial charge >= 0.3 is 0 Å². The fraction of sp³-hybridized carbons (Fsp3) is 0.111. The molecule has 4 rings (SSSR count). The molecule has 0 fully saturated rings. The van der Waals surface area contributed by atoms with E-state index in [1.807, 2.05) is 12.1 Å². The lowest BCUT2D eigenvalue weighted by Crippen LogP contribution is -2.29. The number of hydrogen-bond acceptors (Lipinski definition) is 4. The summed E-state index contributed by atoms with van der Waals surface area (Å²) in [6, 6.07) is 11.8. The predicted molar refractivity (Wildman–Crippen MR) is 97.2 cm³/mol. The van der Waals surface area contributed by atoms with Crippen molar-refractivity contribution in [2.75, 3.05) is 10.6 Å². The monoisotopic (exact) mass is 385 g/mol. The number of carbonyl (C=O) groups excluding carboxylic acids is 2. The van der Waals surface area contributed by atoms with E-state index >= 15 is 0 Å². The highest BCUT2D eigenvalue weighted by atomic mass is 35.5. The SMILES string of the molecule is O=C1C[C@H](c2ccc(Cl)cc2)n2nc(NC(=O)c3ccc(F)cc3)nc2N1. The first kappa shape index (κ1) is 17.2. The van der Waals surface area contributed by atoms with Gasteiger partial charge < -0.3 is 0 Å². The van der Waals surface area contributed by atoms with Crippen molar-refractivity contribution < 1.29 is 14.0 Å². The summed E-state index contributed by atoms with van der Waals surface area (Å²) in [5, 5.41) is 10.1. The molecule has 0 radical (unpaired) electrons. The summed E-state index contributed by atoms with van der Waals surface area (Å²) in [4.78, 5) is 28.5. The van der Waals surface area contributed by atoms with E-state index in [-0.39, 0.29) is 35.8 Å². The predicted octanol–water partition coefficient (Wildman–Crippen LogP) is 3.25. The van der Waals surface area contributed by atoms with Crippen molar-refractivity contribution in [2.45, 2.75) is 12.5 Å². The topological polar surface area (TPSA) is 88.9 Å². The number of halogens is 2. The zero-order valence-electron chi connectivity index (χ0n) is 13.8. The Kier molecular flexibility index (Phi) is 4.33. The molecule has 2 amide bonds. The molecule has 0 spiro atoms. The summed E-state index contributed by atoms with van der Waals surface area (Å²) < 4.78 is 14.5. The number of amides is 2. The molecule has 2 heterocycles. The van der Waals surface area contributed by atoms with Gasteiger partial charge in [0.1, 0.15) is 5.82 Å². The average Bonchev–Trinajstić information content (AvgIpc) is 3.04. The van der Waals surface area contributed by atoms with Crippen molar-refractivity contribution in [2.24, 2.45) is 0 Å². The van der Waals surface area contributed by atoms with Crippen LogP contribution in [0, 0.1) is 5.82 Å². The first-order valence-electron chi connectivity index (χ1n) is 8.08. The van der Waals surface area contributed by atoms with E-state index in [4.69, 9.17) is 11.6 Å². The van der Waals surface area contributed by atoms with Crippen molar-refractivity contribution in [1.82, 2.24) is 14.8 Å². The molecule has 1 atom stereocenters. The maximum atomic E-state index is 13.0. The smallest absolute Gasteiger partial charge is 0.258 e. The lowest BCUT2D eigenvalue weighted by atomic mass is 10.0. The summed E-state index contributed by atoms with van der Waals surface area (Å²) >= 11 is 5.92. The van der Waals surface area contributed by atoms with Crippen LogP contribution in [-0.4, -0.2) is 26.6 Å². The van der Waals surface area contributed by atoms with Crippen molar-refractivity contribution in [3.8, 4) is 0 Å². The van der Waals surface area contributed by atoms with E-state index in [9.17, 15) is 14.0 Å². The van der Waals surface area contributed by atoms with Crippen molar-refractivity contribution in [3.05, 3.63) is 70.5 Å². The molecule has 3 aromatic rings. The maximum absolute atomic E-state index is 13.0. The summed E-state index contributed by atoms with van der Waals surface area (Å²) in [7, 11) is 0. The number of rotatable bonds is 3. The highest BCUT2D eigenvalue weighted by molar-refractivity contribution is 6.30. The number of fused-ring (bicyclic) bond motifs is 1. The van der Waals surface area contributed by atoms with E-state index in [2.05, 4.69) is 20.7 Å². The van der Waals surface area contributed by atoms with Crippen molar-refractivity contribution in [1.29, 1.82) is 0 Å². The number of hydrogen-bond donors (Lipinski definition) is 2. The lowest BCUT2D eigenvalue weighted by molar-refractivity contribution is -0.117. The van der Waals surface area contributed by atoms with Gasteiger partial charge in [-0.25, -0.2) is 9.07 Å². The Morgan fingerprint density at radius 3 is 2.59 bits per heavy atom. The molecule has 9 heteroatoms. The number of nitrogens with one attached hydrogen (secondary N) is 2. The number of anilines is 2. The minimum Gasteiger partial charge on any atom is -0.295 e.